The van der Waals surface area contributed by atoms with Crippen molar-refractivity contribution in [3.8, 4) is 0 Å². The number of hydrogen-bond donors (Lipinski definition) is 0. The van der Waals surface area contributed by atoms with Crippen LogP contribution in [0, 0.1) is 0 Å². The first kappa shape index (κ1) is 16.1. The molecule has 0 saturated heterocycles. The van der Waals surface area contributed by atoms with Crippen molar-refractivity contribution < 1.29 is 26.3 Å². The van der Waals surface area contributed by atoms with Crippen molar-refractivity contribution in [3.05, 3.63) is 70.8 Å². The minimum Gasteiger partial charge on any atom is -0.166 e. The average Bonchev–Trinajstić information content (AvgIpc) is 2.44. The van der Waals surface area contributed by atoms with E-state index >= 15 is 0 Å². The van der Waals surface area contributed by atoms with E-state index in [0.29, 0.717) is 0 Å². The Hall–Kier alpha value is -2.24. The monoisotopic (exact) mass is 316 g/mol. The van der Waals surface area contributed by atoms with Crippen LogP contribution in [0.4, 0.5) is 26.3 Å². The molecule has 2 aromatic carbocycles. The molecule has 6 heteroatoms. The molecule has 0 bridgehead atoms. The molecule has 0 saturated carbocycles. The van der Waals surface area contributed by atoms with Gasteiger partial charge in [-0.05, 0) is 35.4 Å². The van der Waals surface area contributed by atoms with Gasteiger partial charge in [0.25, 0.3) is 0 Å². The molecule has 0 aromatic heterocycles. The first-order valence-corrected chi connectivity index (χ1v) is 6.19. The molecule has 22 heavy (non-hydrogen) atoms. The van der Waals surface area contributed by atoms with Crippen molar-refractivity contribution >= 4 is 12.2 Å². The fourth-order valence-corrected chi connectivity index (χ4v) is 1.83. The van der Waals surface area contributed by atoms with Crippen molar-refractivity contribution in [2.75, 3.05) is 0 Å². The lowest BCUT2D eigenvalue weighted by Crippen LogP contribution is -2.04. The minimum atomic E-state index is -4.46. The van der Waals surface area contributed by atoms with Crippen molar-refractivity contribution in [2.45, 2.75) is 12.4 Å². The summed E-state index contributed by atoms with van der Waals surface area (Å²) in [4.78, 5) is 0. The summed E-state index contributed by atoms with van der Waals surface area (Å²) < 4.78 is 75.4. The van der Waals surface area contributed by atoms with E-state index in [-0.39, 0.29) is 11.1 Å². The third-order valence-electron chi connectivity index (χ3n) is 2.90. The fraction of sp³-hybridized carbons (Fsp3) is 0.125. The van der Waals surface area contributed by atoms with Crippen LogP contribution >= 0.6 is 0 Å². The highest BCUT2D eigenvalue weighted by atomic mass is 19.4. The van der Waals surface area contributed by atoms with Crippen LogP contribution in [0.3, 0.4) is 0 Å². The summed E-state index contributed by atoms with van der Waals surface area (Å²) in [6, 6.07) is 9.11. The second-order valence-corrected chi connectivity index (χ2v) is 4.58. The Balaban J connectivity index is 2.26. The lowest BCUT2D eigenvalue weighted by molar-refractivity contribution is -0.138. The van der Waals surface area contributed by atoms with Gasteiger partial charge in [-0.15, -0.1) is 0 Å². The lowest BCUT2D eigenvalue weighted by atomic mass is 10.1. The maximum atomic E-state index is 12.6. The molecule has 0 radical (unpaired) electrons. The van der Waals surface area contributed by atoms with Gasteiger partial charge in [-0.2, -0.15) is 26.3 Å². The molecular formula is C16H10F6. The van der Waals surface area contributed by atoms with Crippen molar-refractivity contribution in [1.82, 2.24) is 0 Å². The first-order chi connectivity index (χ1) is 10.2. The van der Waals surface area contributed by atoms with Gasteiger partial charge in [0.05, 0.1) is 11.1 Å². The average molecular weight is 316 g/mol. The van der Waals surface area contributed by atoms with E-state index in [1.54, 1.807) is 0 Å². The van der Waals surface area contributed by atoms with E-state index in [1.807, 2.05) is 0 Å². The number of rotatable bonds is 2. The zero-order valence-electron chi connectivity index (χ0n) is 11.0. The van der Waals surface area contributed by atoms with E-state index in [9.17, 15) is 26.3 Å². The third kappa shape index (κ3) is 4.13. The molecule has 0 atom stereocenters. The molecule has 0 aliphatic rings. The summed E-state index contributed by atoms with van der Waals surface area (Å²) >= 11 is 0. The number of halogens is 6. The molecule has 0 nitrogen and oxygen atoms in total. The van der Waals surface area contributed by atoms with Crippen molar-refractivity contribution in [2.24, 2.45) is 0 Å². The highest BCUT2D eigenvalue weighted by Gasteiger charge is 2.30. The Morgan fingerprint density at radius 2 is 0.955 bits per heavy atom. The predicted octanol–water partition coefficient (Wildman–Crippen LogP) is 5.89. The van der Waals surface area contributed by atoms with Gasteiger partial charge in [0.15, 0.2) is 0 Å². The Bertz CT molecular complexity index is 620. The van der Waals surface area contributed by atoms with E-state index in [0.717, 1.165) is 24.3 Å². The zero-order valence-corrected chi connectivity index (χ0v) is 11.0. The van der Waals surface area contributed by atoms with Gasteiger partial charge < -0.3 is 0 Å². The van der Waals surface area contributed by atoms with Crippen LogP contribution in [0.2, 0.25) is 0 Å². The minimum absolute atomic E-state index is 0.257. The number of hydrogen-bond acceptors (Lipinski definition) is 0. The van der Waals surface area contributed by atoms with E-state index in [4.69, 9.17) is 0 Å². The van der Waals surface area contributed by atoms with Crippen LogP contribution in [-0.2, 0) is 12.4 Å². The summed E-state index contributed by atoms with van der Waals surface area (Å²) in [5.74, 6) is 0. The fourth-order valence-electron chi connectivity index (χ4n) is 1.83. The van der Waals surface area contributed by atoms with Crippen molar-refractivity contribution in [1.29, 1.82) is 0 Å². The molecule has 0 amide bonds. The number of alkyl halides is 6. The SMILES string of the molecule is FC(F)(F)c1cccc(/C=C/c2cccc(C(F)(F)F)c2)c1. The molecule has 0 heterocycles. The molecule has 116 valence electrons. The van der Waals surface area contributed by atoms with Gasteiger partial charge in [-0.1, -0.05) is 36.4 Å². The van der Waals surface area contributed by atoms with Crippen LogP contribution in [0.5, 0.6) is 0 Å². The van der Waals surface area contributed by atoms with Gasteiger partial charge in [0, 0.05) is 0 Å². The highest BCUT2D eigenvalue weighted by Crippen LogP contribution is 2.31. The Kier molecular flexibility index (Phi) is 4.30. The Labute approximate surface area is 122 Å². The molecule has 2 rings (SSSR count). The maximum absolute atomic E-state index is 12.6. The standard InChI is InChI=1S/C16H10F6/c17-15(18,19)13-5-1-3-11(9-13)7-8-12-4-2-6-14(10-12)16(20,21)22/h1-10H/b8-7+. The van der Waals surface area contributed by atoms with Gasteiger partial charge in [0.1, 0.15) is 0 Å². The maximum Gasteiger partial charge on any atom is 0.416 e. The van der Waals surface area contributed by atoms with Crippen LogP contribution in [0.1, 0.15) is 22.3 Å². The van der Waals surface area contributed by atoms with Crippen LogP contribution in [0.25, 0.3) is 12.2 Å². The summed E-state index contributed by atoms with van der Waals surface area (Å²) in [6.07, 6.45) is -6.24. The molecule has 0 aliphatic heterocycles. The van der Waals surface area contributed by atoms with Gasteiger partial charge in [0.2, 0.25) is 0 Å². The molecule has 2 aromatic rings. The molecule has 0 aliphatic carbocycles. The van der Waals surface area contributed by atoms with Gasteiger partial charge in [-0.3, -0.25) is 0 Å². The van der Waals surface area contributed by atoms with Gasteiger partial charge >= 0.3 is 12.4 Å². The topological polar surface area (TPSA) is 0 Å². The van der Waals surface area contributed by atoms with Crippen LogP contribution in [-0.4, -0.2) is 0 Å². The number of benzene rings is 2. The molecule has 0 N–H and O–H groups in total. The lowest BCUT2D eigenvalue weighted by Gasteiger charge is -2.07. The summed E-state index contributed by atoms with van der Waals surface area (Å²) in [7, 11) is 0. The molecular weight excluding hydrogens is 306 g/mol. The van der Waals surface area contributed by atoms with E-state index in [2.05, 4.69) is 0 Å². The first-order valence-electron chi connectivity index (χ1n) is 6.19. The smallest absolute Gasteiger partial charge is 0.166 e. The Morgan fingerprint density at radius 3 is 1.27 bits per heavy atom. The van der Waals surface area contributed by atoms with Crippen LogP contribution < -0.4 is 0 Å². The molecule has 0 fully saturated rings. The predicted molar refractivity (Wildman–Crippen MR) is 71.8 cm³/mol. The highest BCUT2D eigenvalue weighted by molar-refractivity contribution is 5.70. The zero-order chi connectivity index (χ0) is 16.4. The summed E-state index contributed by atoms with van der Waals surface area (Å²) in [5, 5.41) is 0. The third-order valence-corrected chi connectivity index (χ3v) is 2.90. The summed E-state index contributed by atoms with van der Waals surface area (Å²) in [6.45, 7) is 0. The van der Waals surface area contributed by atoms with E-state index < -0.39 is 23.5 Å². The van der Waals surface area contributed by atoms with Crippen molar-refractivity contribution in [3.63, 3.8) is 0 Å². The second-order valence-electron chi connectivity index (χ2n) is 4.58. The molecule has 0 unspecified atom stereocenters. The normalized spacial score (nSPS) is 12.8. The Morgan fingerprint density at radius 1 is 0.591 bits per heavy atom. The quantitative estimate of drug-likeness (QED) is 0.478. The summed E-state index contributed by atoms with van der Waals surface area (Å²) in [5.41, 5.74) is -1.10. The van der Waals surface area contributed by atoms with Gasteiger partial charge in [-0.25, -0.2) is 0 Å². The van der Waals surface area contributed by atoms with Crippen LogP contribution in [0.15, 0.2) is 48.5 Å². The second kappa shape index (κ2) is 5.87. The molecule has 0 spiro atoms. The largest absolute Gasteiger partial charge is 0.416 e. The van der Waals surface area contributed by atoms with E-state index in [1.165, 1.54) is 36.4 Å².